The van der Waals surface area contributed by atoms with Crippen LogP contribution in [0.2, 0.25) is 0 Å². The summed E-state index contributed by atoms with van der Waals surface area (Å²) < 4.78 is 0. The highest BCUT2D eigenvalue weighted by Crippen LogP contribution is 2.26. The van der Waals surface area contributed by atoms with Gasteiger partial charge in [0.05, 0.1) is 18.9 Å². The number of carbonyl (C=O) groups is 16. The number of carboxylic acids is 2. The van der Waals surface area contributed by atoms with Gasteiger partial charge in [0.2, 0.25) is 82.7 Å². The predicted octanol–water partition coefficient (Wildman–Crippen LogP) is -3.83. The lowest BCUT2D eigenvalue weighted by atomic mass is 10.0. The average Bonchev–Trinajstić information content (AvgIpc) is 1.60. The second kappa shape index (κ2) is 44.0. The number of carboxylic acid groups (broad SMARTS) is 2. The first-order chi connectivity index (χ1) is 52.3. The molecule has 14 amide bonds. The molecule has 42 heteroatoms. The first kappa shape index (κ1) is 90.4. The zero-order valence-electron chi connectivity index (χ0n) is 61.1. The number of aromatic amines is 2. The molecule has 606 valence electrons. The second-order valence-electron chi connectivity index (χ2n) is 27.6. The van der Waals surface area contributed by atoms with E-state index < -0.39 is 205 Å². The first-order valence-electron chi connectivity index (χ1n) is 35.9. The fraction of sp³-hybridized carbons (Fsp3) is 0.603. The smallest absolute Gasteiger partial charge is 0.326 e. The lowest BCUT2D eigenvalue weighted by Crippen LogP contribution is -2.61. The van der Waals surface area contributed by atoms with Gasteiger partial charge in [-0.3, -0.25) is 71.9 Å². The summed E-state index contributed by atoms with van der Waals surface area (Å²) in [6, 6.07) is -11.0. The van der Waals surface area contributed by atoms with Crippen molar-refractivity contribution in [2.75, 3.05) is 60.7 Å². The Balaban J connectivity index is 1.04. The average molecular weight is 1650 g/mol. The van der Waals surface area contributed by atoms with E-state index in [2.05, 4.69) is 149 Å². The number of aromatic nitrogens is 3. The summed E-state index contributed by atoms with van der Waals surface area (Å²) in [4.78, 5) is 232. The lowest BCUT2D eigenvalue weighted by molar-refractivity contribution is -0.149. The number of amides is 14. The van der Waals surface area contributed by atoms with Gasteiger partial charge in [0.15, 0.2) is 0 Å². The van der Waals surface area contributed by atoms with Crippen molar-refractivity contribution in [2.45, 2.75) is 183 Å². The molecular weight excluding hydrogens is 1550 g/mol. The Morgan fingerprint density at radius 1 is 0.509 bits per heavy atom. The number of para-hydroxylation sites is 1. The van der Waals surface area contributed by atoms with Gasteiger partial charge in [-0.2, -0.15) is 75.8 Å². The van der Waals surface area contributed by atoms with Crippen LogP contribution in [0.4, 0.5) is 0 Å². The highest BCUT2D eigenvalue weighted by atomic mass is 32.1. The Labute approximate surface area is 667 Å². The number of carbonyl (C=O) groups excluding carboxylic acids is 14. The third kappa shape index (κ3) is 25.5. The van der Waals surface area contributed by atoms with Gasteiger partial charge in [-0.15, -0.1) is 0 Å². The van der Waals surface area contributed by atoms with Crippen molar-refractivity contribution in [3.8, 4) is 0 Å². The maximum atomic E-state index is 14.5. The molecule has 3 aliphatic rings. The summed E-state index contributed by atoms with van der Waals surface area (Å²) in [7, 11) is 0. The van der Waals surface area contributed by atoms with E-state index in [0.29, 0.717) is 30.5 Å². The van der Waals surface area contributed by atoms with Gasteiger partial charge in [-0.05, 0) is 74.8 Å². The Bertz CT molecular complexity index is 3780. The molecule has 0 bridgehead atoms. The number of hydrogen-bond donors (Lipinski definition) is 22. The van der Waals surface area contributed by atoms with Crippen LogP contribution >= 0.6 is 75.8 Å². The van der Waals surface area contributed by atoms with Crippen molar-refractivity contribution in [3.05, 3.63) is 54.2 Å². The van der Waals surface area contributed by atoms with Crippen molar-refractivity contribution in [1.82, 2.24) is 88.1 Å². The van der Waals surface area contributed by atoms with E-state index in [0.717, 1.165) is 10.9 Å². The molecule has 3 saturated heterocycles. The number of hydrogen-bond acceptors (Lipinski definition) is 24. The van der Waals surface area contributed by atoms with Crippen LogP contribution in [0.1, 0.15) is 96.7 Å². The normalized spacial score (nSPS) is 18.5. The van der Waals surface area contributed by atoms with Gasteiger partial charge < -0.3 is 99.1 Å². The minimum atomic E-state index is -1.52. The van der Waals surface area contributed by atoms with Crippen LogP contribution in [0, 0.1) is 11.8 Å². The maximum absolute atomic E-state index is 14.5. The molecule has 110 heavy (non-hydrogen) atoms. The molecule has 0 spiro atoms. The van der Waals surface area contributed by atoms with E-state index in [9.17, 15) is 86.9 Å². The van der Waals surface area contributed by atoms with Crippen LogP contribution < -0.4 is 64.2 Å². The van der Waals surface area contributed by atoms with Gasteiger partial charge in [-0.1, -0.05) is 45.9 Å². The third-order valence-corrected chi connectivity index (χ3v) is 20.9. The number of imidazole rings is 1. The van der Waals surface area contributed by atoms with Crippen LogP contribution in [0.25, 0.3) is 10.9 Å². The summed E-state index contributed by atoms with van der Waals surface area (Å²) in [6.07, 6.45) is 4.69. The number of fused-ring (bicyclic) bond motifs is 1. The second-order valence-corrected chi connectivity index (χ2v) is 29.8. The molecule has 0 radical (unpaired) electrons. The Kier molecular flexibility index (Phi) is 36.1. The van der Waals surface area contributed by atoms with Crippen molar-refractivity contribution in [1.29, 1.82) is 0 Å². The number of aliphatic carboxylic acids is 2. The number of H-pyrrole nitrogens is 2. The molecule has 36 nitrogen and oxygen atoms in total. The van der Waals surface area contributed by atoms with Crippen molar-refractivity contribution in [3.63, 3.8) is 0 Å². The molecule has 0 saturated carbocycles. The summed E-state index contributed by atoms with van der Waals surface area (Å²) >= 11 is 25.3. The maximum Gasteiger partial charge on any atom is 0.326 e. The molecule has 2 aromatic heterocycles. The molecule has 0 aliphatic carbocycles. The molecule has 3 aromatic rings. The van der Waals surface area contributed by atoms with Crippen molar-refractivity contribution < 1.29 is 86.9 Å². The summed E-state index contributed by atoms with van der Waals surface area (Å²) in [6.45, 7) is 6.27. The number of rotatable bonds is 42. The van der Waals surface area contributed by atoms with Gasteiger partial charge in [-0.25, -0.2) is 9.78 Å². The number of nitrogens with two attached hydrogens (primary N) is 1. The molecule has 6 rings (SSSR count). The van der Waals surface area contributed by atoms with Crippen LogP contribution in [-0.4, -0.2) is 280 Å². The Morgan fingerprint density at radius 2 is 0.964 bits per heavy atom. The van der Waals surface area contributed by atoms with Gasteiger partial charge >= 0.3 is 11.9 Å². The van der Waals surface area contributed by atoms with Gasteiger partial charge in [0.25, 0.3) is 0 Å². The molecule has 17 N–H and O–H groups in total. The quantitative estimate of drug-likeness (QED) is 0.0242. The van der Waals surface area contributed by atoms with Crippen LogP contribution in [-0.2, 0) is 89.6 Å². The standard InChI is InChI=1S/C68H100N18O18S6/c1-33(2)20-42(77-57(92)40(15-16-53(88)89)75-58(93)45(28-107)79-55(90)38(69)26-105)65(100)84-17-7-12-49(84)63(98)81-47(30-109)59(94)76-41(22-36-24-70-32-73-36)56(91)72-25-52(87)74-44(27-106)62(97)83-54(34(3)4)67(102)85-18-8-13-50(85)64(99)82-48(31-110)61(96)80-46(29-108)60(95)78-43(66(101)86-19-9-14-51(86)68(103)104)21-35-23-71-39-11-6-5-10-37(35)39/h5-6,10-11,23-24,32-34,38,40-51,54,71,105-110H,7-9,12-22,25-31,69H2,1-4H3,(H,70,73)(H,72,91)(H,74,87)(H,75,93)(H,76,94)(H,77,92)(H,78,95)(H,79,90)(H,80,96)(H,81,98)(H,82,99)(H,83,97)(H,88,89)(H,103,104)/t38-,40-,41-,42-,43-,44-,45-,46-,47-,48-,49-,50-,51-,54-/m0/s1. The number of nitrogens with one attached hydrogen (secondary N) is 13. The lowest BCUT2D eigenvalue weighted by Gasteiger charge is -2.32. The zero-order chi connectivity index (χ0) is 81.2. The third-order valence-electron chi connectivity index (χ3n) is 18.7. The SMILES string of the molecule is CC(C)C[C@H](NC(=O)[C@H](CCC(=O)O)NC(=O)[C@H](CS)NC(=O)[C@@H](N)CS)C(=O)N1CCC[C@H]1C(=O)N[C@@H](CS)C(=O)N[C@@H](Cc1cnc[nH]1)C(=O)NCC(=O)N[C@@H](CS)C(=O)N[C@H](C(=O)N1CCC[C@H]1C(=O)N[C@@H](CS)C(=O)N[C@@H](CS)C(=O)N[C@@H](Cc1c[nH]c2ccccc12)C(=O)N1CCC[C@H]1C(=O)O)C(C)C. The Morgan fingerprint density at radius 3 is 1.47 bits per heavy atom. The Hall–Kier alpha value is -8.45. The number of thiol groups is 6. The van der Waals surface area contributed by atoms with E-state index in [1.54, 1.807) is 40.0 Å². The molecule has 3 fully saturated rings. The predicted molar refractivity (Wildman–Crippen MR) is 421 cm³/mol. The molecular formula is C68H100N18O18S6. The highest BCUT2D eigenvalue weighted by molar-refractivity contribution is 7.81. The van der Waals surface area contributed by atoms with Crippen LogP contribution in [0.3, 0.4) is 0 Å². The van der Waals surface area contributed by atoms with Crippen molar-refractivity contribution in [2.24, 2.45) is 17.6 Å². The summed E-state index contributed by atoms with van der Waals surface area (Å²) in [5.41, 5.74) is 7.52. The van der Waals surface area contributed by atoms with Crippen LogP contribution in [0.5, 0.6) is 0 Å². The van der Waals surface area contributed by atoms with E-state index in [4.69, 9.17) is 5.73 Å². The van der Waals surface area contributed by atoms with Crippen LogP contribution in [0.15, 0.2) is 43.0 Å². The first-order valence-corrected chi connectivity index (χ1v) is 39.7. The van der Waals surface area contributed by atoms with Crippen molar-refractivity contribution >= 4 is 181 Å². The summed E-state index contributed by atoms with van der Waals surface area (Å²) in [5, 5.41) is 48.3. The minimum absolute atomic E-state index is 0.0245. The van der Waals surface area contributed by atoms with E-state index in [1.165, 1.54) is 27.2 Å². The molecule has 1 aromatic carbocycles. The number of nitrogens with zero attached hydrogens (tertiary/aromatic N) is 4. The topological polar surface area (TPSA) is 526 Å². The van der Waals surface area contributed by atoms with Gasteiger partial charge in [0.1, 0.15) is 78.5 Å². The van der Waals surface area contributed by atoms with E-state index >= 15 is 0 Å². The molecule has 5 heterocycles. The molecule has 14 atom stereocenters. The fourth-order valence-electron chi connectivity index (χ4n) is 12.8. The largest absolute Gasteiger partial charge is 0.481 e. The fourth-order valence-corrected chi connectivity index (χ4v) is 14.2. The monoisotopic (exact) mass is 1650 g/mol. The van der Waals surface area contributed by atoms with E-state index in [1.807, 2.05) is 18.2 Å². The highest BCUT2D eigenvalue weighted by Gasteiger charge is 2.44. The number of benzene rings is 1. The minimum Gasteiger partial charge on any atom is -0.481 e. The van der Waals surface area contributed by atoms with E-state index in [-0.39, 0.29) is 98.6 Å². The van der Waals surface area contributed by atoms with Gasteiger partial charge in [0, 0.05) is 102 Å². The number of likely N-dealkylation sites (tertiary alicyclic amines) is 3. The molecule has 3 aliphatic heterocycles. The molecule has 0 unspecified atom stereocenters. The summed E-state index contributed by atoms with van der Waals surface area (Å²) in [5.74, 6) is -16.3. The zero-order valence-corrected chi connectivity index (χ0v) is 66.5.